The quantitative estimate of drug-likeness (QED) is 0.792. The van der Waals surface area contributed by atoms with Crippen molar-refractivity contribution < 1.29 is 25.6 Å². The van der Waals surface area contributed by atoms with Crippen molar-refractivity contribution in [2.75, 3.05) is 13.1 Å². The summed E-state index contributed by atoms with van der Waals surface area (Å²) in [5.41, 5.74) is 0. The third-order valence-corrected chi connectivity index (χ3v) is 7.74. The number of sulfone groups is 1. The largest absolute Gasteiger partial charge is 0.341 e. The van der Waals surface area contributed by atoms with Gasteiger partial charge < -0.3 is 4.90 Å². The maximum absolute atomic E-state index is 12.8. The topological polar surface area (TPSA) is 83.6 Å². The third kappa shape index (κ3) is 4.02. The summed E-state index contributed by atoms with van der Waals surface area (Å²) in [6.07, 6.45) is 3.57. The van der Waals surface area contributed by atoms with E-state index >= 15 is 0 Å². The van der Waals surface area contributed by atoms with Crippen LogP contribution >= 0.6 is 0 Å². The maximum atomic E-state index is 12.8. The molecule has 2 fully saturated rings. The Morgan fingerprint density at radius 3 is 2.04 bits per heavy atom. The van der Waals surface area contributed by atoms with Gasteiger partial charge in [0.15, 0.2) is 0 Å². The summed E-state index contributed by atoms with van der Waals surface area (Å²) in [6.45, 7) is 1.55. The third-order valence-electron chi connectivity index (χ3n) is 4.59. The van der Waals surface area contributed by atoms with Gasteiger partial charge in [-0.1, -0.05) is 12.1 Å². The Balaban J connectivity index is 1.79. The minimum Gasteiger partial charge on any atom is -0.300 e. The number of hydrogen-bond donors (Lipinski definition) is 1. The highest BCUT2D eigenvalue weighted by molar-refractivity contribution is 7.93. The molecule has 1 aliphatic heterocycles. The van der Waals surface area contributed by atoms with E-state index in [1.807, 2.05) is 0 Å². The van der Waals surface area contributed by atoms with Crippen LogP contribution in [-0.4, -0.2) is 52.7 Å². The van der Waals surface area contributed by atoms with E-state index in [0.717, 1.165) is 25.2 Å². The van der Waals surface area contributed by atoms with E-state index in [4.69, 9.17) is 0 Å². The Morgan fingerprint density at radius 1 is 0.960 bits per heavy atom. The van der Waals surface area contributed by atoms with Crippen molar-refractivity contribution in [1.82, 2.24) is 9.62 Å². The molecule has 1 aromatic rings. The van der Waals surface area contributed by atoms with Crippen molar-refractivity contribution in [3.63, 3.8) is 0 Å². The summed E-state index contributed by atoms with van der Waals surface area (Å²) in [5.74, 6) is -3.68. The zero-order valence-electron chi connectivity index (χ0n) is 13.4. The molecule has 6 nitrogen and oxygen atoms in total. The molecule has 140 valence electrons. The van der Waals surface area contributed by atoms with Crippen LogP contribution in [0.1, 0.15) is 25.7 Å². The van der Waals surface area contributed by atoms with E-state index in [1.54, 1.807) is 0 Å². The second-order valence-electron chi connectivity index (χ2n) is 6.42. The first-order chi connectivity index (χ1) is 11.7. The lowest BCUT2D eigenvalue weighted by molar-refractivity contribution is 0.199. The van der Waals surface area contributed by atoms with Crippen molar-refractivity contribution in [2.45, 2.75) is 53.3 Å². The molecule has 1 N–H and O–H groups in total. The van der Waals surface area contributed by atoms with E-state index in [-0.39, 0.29) is 6.04 Å². The monoisotopic (exact) mass is 394 g/mol. The van der Waals surface area contributed by atoms with Crippen LogP contribution in [0.3, 0.4) is 0 Å². The zero-order valence-corrected chi connectivity index (χ0v) is 15.1. The number of piperidine rings is 1. The first-order valence-electron chi connectivity index (χ1n) is 8.09. The second-order valence-corrected chi connectivity index (χ2v) is 9.98. The average molecular weight is 394 g/mol. The number of halogens is 2. The Kier molecular flexibility index (Phi) is 5.16. The molecular formula is C15H20F2N2O4S2. The van der Waals surface area contributed by atoms with Gasteiger partial charge in [0.2, 0.25) is 19.9 Å². The molecule has 1 aromatic carbocycles. The van der Waals surface area contributed by atoms with Gasteiger partial charge in [-0.25, -0.2) is 21.6 Å². The van der Waals surface area contributed by atoms with Crippen LogP contribution in [0.2, 0.25) is 0 Å². The Morgan fingerprint density at radius 2 is 1.52 bits per heavy atom. The van der Waals surface area contributed by atoms with E-state index in [2.05, 4.69) is 9.62 Å². The number of benzene rings is 1. The van der Waals surface area contributed by atoms with Gasteiger partial charge in [-0.3, -0.25) is 0 Å². The summed E-state index contributed by atoms with van der Waals surface area (Å²) in [6, 6.07) is 4.75. The van der Waals surface area contributed by atoms with Gasteiger partial charge in [0.25, 0.3) is 0 Å². The highest BCUT2D eigenvalue weighted by atomic mass is 32.2. The predicted molar refractivity (Wildman–Crippen MR) is 87.6 cm³/mol. The standard InChI is InChI=1S/C15H20F2N2O4S2/c16-15(17)24(20,21)13-3-1-2-4-14(13)25(22,23)18-11-7-9-19(10-8-11)12-5-6-12/h1-4,11-12,15,18H,5-10H2. The van der Waals surface area contributed by atoms with Gasteiger partial charge in [-0.15, -0.1) is 0 Å². The molecule has 0 radical (unpaired) electrons. The highest BCUT2D eigenvalue weighted by Crippen LogP contribution is 2.30. The second kappa shape index (κ2) is 6.90. The van der Waals surface area contributed by atoms with Crippen molar-refractivity contribution in [3.8, 4) is 0 Å². The van der Waals surface area contributed by atoms with Gasteiger partial charge in [-0.2, -0.15) is 8.78 Å². The molecule has 0 aromatic heterocycles. The molecule has 1 saturated carbocycles. The average Bonchev–Trinajstić information content (AvgIpc) is 3.40. The lowest BCUT2D eigenvalue weighted by Gasteiger charge is -2.32. The highest BCUT2D eigenvalue weighted by Gasteiger charge is 2.36. The van der Waals surface area contributed by atoms with Crippen molar-refractivity contribution in [2.24, 2.45) is 0 Å². The van der Waals surface area contributed by atoms with E-state index in [1.165, 1.54) is 25.0 Å². The van der Waals surface area contributed by atoms with Gasteiger partial charge in [0.1, 0.15) is 4.90 Å². The molecule has 1 saturated heterocycles. The summed E-state index contributed by atoms with van der Waals surface area (Å²) in [5, 5.41) is 0. The van der Waals surface area contributed by atoms with Crippen LogP contribution in [0.15, 0.2) is 34.1 Å². The summed E-state index contributed by atoms with van der Waals surface area (Å²) >= 11 is 0. The Labute approximate surface area is 146 Å². The summed E-state index contributed by atoms with van der Waals surface area (Å²) in [7, 11) is -9.21. The SMILES string of the molecule is O=S(=O)(NC1CCN(C2CC2)CC1)c1ccccc1S(=O)(=O)C(F)F. The number of hydrogen-bond acceptors (Lipinski definition) is 5. The van der Waals surface area contributed by atoms with Crippen LogP contribution in [0.25, 0.3) is 0 Å². The molecule has 0 unspecified atom stereocenters. The number of rotatable bonds is 6. The molecule has 25 heavy (non-hydrogen) atoms. The van der Waals surface area contributed by atoms with Gasteiger partial charge in [0.05, 0.1) is 4.90 Å². The molecule has 3 rings (SSSR count). The zero-order chi connectivity index (χ0) is 18.2. The Hall–Kier alpha value is -1.10. The fraction of sp³-hybridized carbons (Fsp3) is 0.600. The maximum Gasteiger partial charge on any atom is 0.341 e. The molecule has 0 bridgehead atoms. The van der Waals surface area contributed by atoms with Gasteiger partial charge in [-0.05, 0) is 50.9 Å². The summed E-state index contributed by atoms with van der Waals surface area (Å²) < 4.78 is 76.9. The van der Waals surface area contributed by atoms with Gasteiger partial charge >= 0.3 is 5.76 Å². The molecule has 2 aliphatic rings. The van der Waals surface area contributed by atoms with Crippen molar-refractivity contribution in [1.29, 1.82) is 0 Å². The molecule has 1 heterocycles. The molecule has 0 atom stereocenters. The molecule has 0 spiro atoms. The number of likely N-dealkylation sites (tertiary alicyclic amines) is 1. The normalized spacial score (nSPS) is 20.9. The lowest BCUT2D eigenvalue weighted by atomic mass is 10.1. The van der Waals surface area contributed by atoms with Crippen LogP contribution in [0.4, 0.5) is 8.78 Å². The smallest absolute Gasteiger partial charge is 0.300 e. The first-order valence-corrected chi connectivity index (χ1v) is 11.1. The lowest BCUT2D eigenvalue weighted by Crippen LogP contribution is -2.45. The minimum absolute atomic E-state index is 0.331. The van der Waals surface area contributed by atoms with Crippen LogP contribution in [-0.2, 0) is 19.9 Å². The number of nitrogens with one attached hydrogen (secondary N) is 1. The number of alkyl halides is 2. The fourth-order valence-electron chi connectivity index (χ4n) is 3.11. The molecule has 1 aliphatic carbocycles. The van der Waals surface area contributed by atoms with Gasteiger partial charge in [0, 0.05) is 12.1 Å². The van der Waals surface area contributed by atoms with E-state index in [9.17, 15) is 25.6 Å². The van der Waals surface area contributed by atoms with E-state index < -0.39 is 35.4 Å². The minimum atomic E-state index is -5.00. The number of sulfonamides is 1. The van der Waals surface area contributed by atoms with Crippen molar-refractivity contribution in [3.05, 3.63) is 24.3 Å². The summed E-state index contributed by atoms with van der Waals surface area (Å²) in [4.78, 5) is 0.827. The number of nitrogens with zero attached hydrogens (tertiary/aromatic N) is 1. The molecular weight excluding hydrogens is 374 g/mol. The van der Waals surface area contributed by atoms with Crippen molar-refractivity contribution >= 4 is 19.9 Å². The Bertz CT molecular complexity index is 831. The molecule has 0 amide bonds. The van der Waals surface area contributed by atoms with E-state index in [0.29, 0.717) is 18.9 Å². The van der Waals surface area contributed by atoms with Crippen LogP contribution in [0.5, 0.6) is 0 Å². The fourth-order valence-corrected chi connectivity index (χ4v) is 5.99. The molecule has 10 heteroatoms. The first kappa shape index (κ1) is 18.7. The predicted octanol–water partition coefficient (Wildman–Crippen LogP) is 1.59. The van der Waals surface area contributed by atoms with Crippen LogP contribution in [0, 0.1) is 0 Å². The van der Waals surface area contributed by atoms with Crippen LogP contribution < -0.4 is 4.72 Å².